The fourth-order valence-electron chi connectivity index (χ4n) is 2.24. The van der Waals surface area contributed by atoms with E-state index in [1.807, 2.05) is 18.2 Å². The molecule has 4 heteroatoms. The summed E-state index contributed by atoms with van der Waals surface area (Å²) in [5.74, 6) is 1.56. The van der Waals surface area contributed by atoms with Crippen LogP contribution >= 0.6 is 0 Å². The van der Waals surface area contributed by atoms with Crippen molar-refractivity contribution in [1.82, 2.24) is 9.55 Å². The summed E-state index contributed by atoms with van der Waals surface area (Å²) in [4.78, 5) is 4.52. The van der Waals surface area contributed by atoms with Gasteiger partial charge in [-0.15, -0.1) is 0 Å². The molecule has 3 rings (SSSR count). The van der Waals surface area contributed by atoms with Crippen LogP contribution in [0.15, 0.2) is 18.2 Å². The van der Waals surface area contributed by atoms with Gasteiger partial charge < -0.3 is 14.4 Å². The van der Waals surface area contributed by atoms with E-state index < -0.39 is 6.10 Å². The molecule has 1 N–H and O–H groups in total. The topological polar surface area (TPSA) is 47.3 Å². The highest BCUT2D eigenvalue weighted by molar-refractivity contribution is 5.78. The predicted molar refractivity (Wildman–Crippen MR) is 65.2 cm³/mol. The van der Waals surface area contributed by atoms with Crippen LogP contribution in [0.3, 0.4) is 0 Å². The number of ether oxygens (including phenoxy) is 1. The molecule has 0 amide bonds. The molecule has 1 aliphatic rings. The fourth-order valence-corrected chi connectivity index (χ4v) is 2.24. The number of fused-ring (bicyclic) bond motifs is 1. The molecule has 1 aliphatic carbocycles. The lowest BCUT2D eigenvalue weighted by Crippen LogP contribution is -2.04. The maximum atomic E-state index is 9.79. The van der Waals surface area contributed by atoms with Crippen LogP contribution in [0, 0.1) is 0 Å². The number of aliphatic hydroxyl groups excluding tert-OH is 1. The first-order valence-corrected chi connectivity index (χ1v) is 5.94. The van der Waals surface area contributed by atoms with E-state index in [1.54, 1.807) is 14.0 Å². The van der Waals surface area contributed by atoms with Crippen LogP contribution in [0.2, 0.25) is 0 Å². The van der Waals surface area contributed by atoms with Crippen LogP contribution in [-0.2, 0) is 0 Å². The first kappa shape index (κ1) is 10.6. The molecule has 17 heavy (non-hydrogen) atoms. The number of rotatable bonds is 3. The molecular weight excluding hydrogens is 216 g/mol. The van der Waals surface area contributed by atoms with Crippen molar-refractivity contribution in [3.63, 3.8) is 0 Å². The van der Waals surface area contributed by atoms with Gasteiger partial charge in [0.25, 0.3) is 0 Å². The Bertz CT molecular complexity index is 556. The van der Waals surface area contributed by atoms with Gasteiger partial charge in [-0.2, -0.15) is 0 Å². The molecule has 1 aromatic carbocycles. The average molecular weight is 232 g/mol. The second-order valence-corrected chi connectivity index (χ2v) is 4.60. The third-order valence-electron chi connectivity index (χ3n) is 3.21. The maximum absolute atomic E-state index is 9.79. The Balaban J connectivity index is 2.22. The highest BCUT2D eigenvalue weighted by Crippen LogP contribution is 2.40. The summed E-state index contributed by atoms with van der Waals surface area (Å²) in [5.41, 5.74) is 1.98. The molecule has 0 bridgehead atoms. The summed E-state index contributed by atoms with van der Waals surface area (Å²) in [6.07, 6.45) is 1.82. The Morgan fingerprint density at radius 3 is 2.82 bits per heavy atom. The minimum absolute atomic E-state index is 0.512. The summed E-state index contributed by atoms with van der Waals surface area (Å²) in [6, 6.07) is 6.39. The molecule has 1 aromatic heterocycles. The Morgan fingerprint density at radius 2 is 2.24 bits per heavy atom. The van der Waals surface area contributed by atoms with Gasteiger partial charge >= 0.3 is 0 Å². The summed E-state index contributed by atoms with van der Waals surface area (Å²) in [6.45, 7) is 1.76. The summed E-state index contributed by atoms with van der Waals surface area (Å²) in [7, 11) is 1.65. The number of aliphatic hydroxyl groups is 1. The van der Waals surface area contributed by atoms with E-state index in [-0.39, 0.29) is 0 Å². The van der Waals surface area contributed by atoms with E-state index in [1.165, 1.54) is 12.8 Å². The van der Waals surface area contributed by atoms with Gasteiger partial charge in [0, 0.05) is 12.1 Å². The van der Waals surface area contributed by atoms with Crippen molar-refractivity contribution in [2.75, 3.05) is 7.11 Å². The van der Waals surface area contributed by atoms with Gasteiger partial charge in [-0.05, 0) is 31.9 Å². The van der Waals surface area contributed by atoms with E-state index in [4.69, 9.17) is 4.74 Å². The van der Waals surface area contributed by atoms with E-state index in [0.29, 0.717) is 6.04 Å². The Morgan fingerprint density at radius 1 is 1.47 bits per heavy atom. The van der Waals surface area contributed by atoms with Gasteiger partial charge in [0.05, 0.1) is 18.1 Å². The fraction of sp³-hybridized carbons (Fsp3) is 0.462. The van der Waals surface area contributed by atoms with E-state index in [9.17, 15) is 5.11 Å². The lowest BCUT2D eigenvalue weighted by atomic mass is 10.3. The molecule has 1 saturated carbocycles. The van der Waals surface area contributed by atoms with Crippen LogP contribution in [0.5, 0.6) is 5.75 Å². The second-order valence-electron chi connectivity index (χ2n) is 4.60. The molecule has 0 spiro atoms. The van der Waals surface area contributed by atoms with Gasteiger partial charge in [0.1, 0.15) is 17.7 Å². The summed E-state index contributed by atoms with van der Waals surface area (Å²) >= 11 is 0. The third-order valence-corrected chi connectivity index (χ3v) is 3.21. The highest BCUT2D eigenvalue weighted by Gasteiger charge is 2.29. The van der Waals surface area contributed by atoms with Crippen molar-refractivity contribution in [1.29, 1.82) is 0 Å². The van der Waals surface area contributed by atoms with Gasteiger partial charge in [-0.3, -0.25) is 0 Å². The van der Waals surface area contributed by atoms with E-state index in [2.05, 4.69) is 9.55 Å². The number of nitrogens with zero attached hydrogens (tertiary/aromatic N) is 2. The van der Waals surface area contributed by atoms with E-state index >= 15 is 0 Å². The minimum Gasteiger partial charge on any atom is -0.497 e. The zero-order valence-corrected chi connectivity index (χ0v) is 10.1. The molecule has 0 aliphatic heterocycles. The van der Waals surface area contributed by atoms with Crippen molar-refractivity contribution in [2.24, 2.45) is 0 Å². The van der Waals surface area contributed by atoms with Crippen molar-refractivity contribution < 1.29 is 9.84 Å². The van der Waals surface area contributed by atoms with Gasteiger partial charge in [-0.25, -0.2) is 4.98 Å². The van der Waals surface area contributed by atoms with Crippen LogP contribution in [0.4, 0.5) is 0 Å². The summed E-state index contributed by atoms with van der Waals surface area (Å²) < 4.78 is 7.36. The number of hydrogen-bond donors (Lipinski definition) is 1. The van der Waals surface area contributed by atoms with Crippen molar-refractivity contribution in [3.8, 4) is 5.75 Å². The Kier molecular flexibility index (Phi) is 2.33. The van der Waals surface area contributed by atoms with E-state index in [0.717, 1.165) is 22.6 Å². The molecule has 1 fully saturated rings. The Labute approximate surface area is 99.8 Å². The molecule has 1 atom stereocenters. The molecule has 1 unspecified atom stereocenters. The number of imidazole rings is 1. The molecule has 0 radical (unpaired) electrons. The number of benzene rings is 1. The summed E-state index contributed by atoms with van der Waals surface area (Å²) in [5, 5.41) is 9.79. The second kappa shape index (κ2) is 3.74. The van der Waals surface area contributed by atoms with Crippen LogP contribution in [0.1, 0.15) is 37.7 Å². The average Bonchev–Trinajstić information content (AvgIpc) is 3.08. The lowest BCUT2D eigenvalue weighted by molar-refractivity contribution is 0.184. The first-order valence-electron chi connectivity index (χ1n) is 5.94. The normalized spacial score (nSPS) is 17.4. The molecule has 4 nitrogen and oxygen atoms in total. The maximum Gasteiger partial charge on any atom is 0.138 e. The predicted octanol–water partition coefficient (Wildman–Crippen LogP) is 2.43. The third kappa shape index (κ3) is 1.69. The smallest absolute Gasteiger partial charge is 0.138 e. The van der Waals surface area contributed by atoms with Crippen molar-refractivity contribution >= 4 is 11.0 Å². The van der Waals surface area contributed by atoms with Gasteiger partial charge in [-0.1, -0.05) is 0 Å². The zero-order chi connectivity index (χ0) is 12.0. The van der Waals surface area contributed by atoms with Crippen LogP contribution < -0.4 is 4.74 Å². The molecule has 90 valence electrons. The molecule has 1 heterocycles. The van der Waals surface area contributed by atoms with Crippen LogP contribution in [0.25, 0.3) is 11.0 Å². The molecular formula is C13H16N2O2. The lowest BCUT2D eigenvalue weighted by Gasteiger charge is -2.09. The van der Waals surface area contributed by atoms with Gasteiger partial charge in [0.2, 0.25) is 0 Å². The quantitative estimate of drug-likeness (QED) is 0.884. The standard InChI is InChI=1S/C13H16N2O2/c1-8(16)13-14-11-7-10(17-2)5-6-12(11)15(13)9-3-4-9/h5-9,16H,3-4H2,1-2H3. The monoisotopic (exact) mass is 232 g/mol. The van der Waals surface area contributed by atoms with Gasteiger partial charge in [0.15, 0.2) is 0 Å². The zero-order valence-electron chi connectivity index (χ0n) is 10.1. The van der Waals surface area contributed by atoms with Crippen LogP contribution in [-0.4, -0.2) is 21.8 Å². The number of methoxy groups -OCH3 is 1. The molecule has 0 saturated heterocycles. The SMILES string of the molecule is COc1ccc2c(c1)nc(C(C)O)n2C1CC1. The molecule has 2 aromatic rings. The Hall–Kier alpha value is -1.55. The number of aromatic nitrogens is 2. The van der Waals surface area contributed by atoms with Crippen molar-refractivity contribution in [3.05, 3.63) is 24.0 Å². The first-order chi connectivity index (χ1) is 8.20. The number of hydrogen-bond acceptors (Lipinski definition) is 3. The minimum atomic E-state index is -0.533. The largest absolute Gasteiger partial charge is 0.497 e. The van der Waals surface area contributed by atoms with Crippen molar-refractivity contribution in [2.45, 2.75) is 31.9 Å². The highest BCUT2D eigenvalue weighted by atomic mass is 16.5.